The first-order valence-electron chi connectivity index (χ1n) is 10.5. The number of fused-ring (bicyclic) bond motifs is 1. The van der Waals surface area contributed by atoms with E-state index in [9.17, 15) is 0 Å². The fourth-order valence-corrected chi connectivity index (χ4v) is 4.18. The summed E-state index contributed by atoms with van der Waals surface area (Å²) in [5, 5.41) is 0. The molecule has 31 heavy (non-hydrogen) atoms. The summed E-state index contributed by atoms with van der Waals surface area (Å²) in [5.74, 6) is 0. The highest BCUT2D eigenvalue weighted by Gasteiger charge is 2.23. The molecule has 0 spiro atoms. The lowest BCUT2D eigenvalue weighted by molar-refractivity contribution is -0.570. The molecule has 0 aliphatic rings. The molecular formula is C27H25N4+. The van der Waals surface area contributed by atoms with Crippen molar-refractivity contribution in [2.75, 3.05) is 0 Å². The molecule has 0 unspecified atom stereocenters. The minimum atomic E-state index is 0.852. The van der Waals surface area contributed by atoms with E-state index in [1.54, 1.807) is 0 Å². The van der Waals surface area contributed by atoms with Crippen molar-refractivity contribution in [3.05, 3.63) is 102 Å². The lowest BCUT2D eigenvalue weighted by atomic mass is 9.95. The second kappa shape index (κ2) is 7.47. The van der Waals surface area contributed by atoms with Crippen LogP contribution in [-0.4, -0.2) is 14.5 Å². The highest BCUT2D eigenvalue weighted by molar-refractivity contribution is 5.74. The van der Waals surface area contributed by atoms with Crippen LogP contribution in [0.4, 0.5) is 0 Å². The van der Waals surface area contributed by atoms with Gasteiger partial charge in [-0.1, -0.05) is 48.5 Å². The van der Waals surface area contributed by atoms with E-state index in [0.717, 1.165) is 34.1 Å². The first kappa shape index (κ1) is 19.2. The summed E-state index contributed by atoms with van der Waals surface area (Å²) in [7, 11) is 0. The Bertz CT molecular complexity index is 1390. The Morgan fingerprint density at radius 3 is 2.13 bits per heavy atom. The van der Waals surface area contributed by atoms with Crippen molar-refractivity contribution in [2.45, 2.75) is 27.7 Å². The third-order valence-corrected chi connectivity index (χ3v) is 5.89. The Kier molecular flexibility index (Phi) is 4.63. The molecular weight excluding hydrogens is 380 g/mol. The Morgan fingerprint density at radius 1 is 0.710 bits per heavy atom. The van der Waals surface area contributed by atoms with Crippen LogP contribution in [0.2, 0.25) is 0 Å². The number of benzene rings is 3. The zero-order valence-corrected chi connectivity index (χ0v) is 18.3. The van der Waals surface area contributed by atoms with E-state index in [1.165, 1.54) is 22.3 Å². The number of para-hydroxylation sites is 1. The molecule has 0 saturated heterocycles. The van der Waals surface area contributed by atoms with Crippen LogP contribution in [0.1, 0.15) is 22.5 Å². The van der Waals surface area contributed by atoms with Gasteiger partial charge in [0.05, 0.1) is 5.69 Å². The monoisotopic (exact) mass is 405 g/mol. The maximum absolute atomic E-state index is 4.91. The smallest absolute Gasteiger partial charge is 0.212 e. The molecule has 0 bridgehead atoms. The van der Waals surface area contributed by atoms with Crippen LogP contribution < -0.4 is 4.57 Å². The third kappa shape index (κ3) is 3.30. The second-order valence-corrected chi connectivity index (χ2v) is 8.05. The first-order valence-corrected chi connectivity index (χ1v) is 10.5. The average molecular weight is 406 g/mol. The van der Waals surface area contributed by atoms with Crippen molar-refractivity contribution >= 4 is 11.3 Å². The summed E-state index contributed by atoms with van der Waals surface area (Å²) in [6.07, 6.45) is 2.09. The molecule has 152 valence electrons. The summed E-state index contributed by atoms with van der Waals surface area (Å²) >= 11 is 0. The van der Waals surface area contributed by atoms with E-state index in [0.29, 0.717) is 0 Å². The zero-order valence-electron chi connectivity index (χ0n) is 18.3. The van der Waals surface area contributed by atoms with Gasteiger partial charge < -0.3 is 0 Å². The zero-order chi connectivity index (χ0) is 21.5. The van der Waals surface area contributed by atoms with E-state index < -0.39 is 0 Å². The maximum Gasteiger partial charge on any atom is 0.327 e. The van der Waals surface area contributed by atoms with Gasteiger partial charge in [-0.05, 0) is 74.2 Å². The van der Waals surface area contributed by atoms with Gasteiger partial charge in [0.15, 0.2) is 0 Å². The summed E-state index contributed by atoms with van der Waals surface area (Å²) < 4.78 is 4.25. The van der Waals surface area contributed by atoms with Crippen LogP contribution >= 0.6 is 0 Å². The largest absolute Gasteiger partial charge is 0.327 e. The number of rotatable bonds is 3. The molecule has 0 amide bonds. The fourth-order valence-electron chi connectivity index (χ4n) is 4.18. The average Bonchev–Trinajstić information content (AvgIpc) is 3.13. The van der Waals surface area contributed by atoms with E-state index in [1.807, 2.05) is 32.0 Å². The van der Waals surface area contributed by atoms with Crippen molar-refractivity contribution in [3.63, 3.8) is 0 Å². The number of aromatic nitrogens is 4. The van der Waals surface area contributed by atoms with Gasteiger partial charge in [-0.15, -0.1) is 4.98 Å². The molecule has 0 N–H and O–H groups in total. The lowest BCUT2D eigenvalue weighted by Crippen LogP contribution is -2.29. The first-order chi connectivity index (χ1) is 15.0. The van der Waals surface area contributed by atoms with Crippen LogP contribution in [0.3, 0.4) is 0 Å². The van der Waals surface area contributed by atoms with E-state index in [2.05, 4.69) is 83.9 Å². The third-order valence-electron chi connectivity index (χ3n) is 5.89. The highest BCUT2D eigenvalue weighted by atomic mass is 15.2. The van der Waals surface area contributed by atoms with E-state index >= 15 is 0 Å². The number of aryl methyl sites for hydroxylation is 4. The molecule has 0 radical (unpaired) electrons. The van der Waals surface area contributed by atoms with Gasteiger partial charge >= 0.3 is 5.65 Å². The minimum Gasteiger partial charge on any atom is -0.212 e. The van der Waals surface area contributed by atoms with E-state index in [4.69, 9.17) is 9.97 Å². The fraction of sp³-hybridized carbons (Fsp3) is 0.148. The summed E-state index contributed by atoms with van der Waals surface area (Å²) in [4.78, 5) is 9.80. The molecule has 0 aliphatic carbocycles. The number of imidazole rings is 1. The normalized spacial score (nSPS) is 11.2. The predicted octanol–water partition coefficient (Wildman–Crippen LogP) is 5.60. The van der Waals surface area contributed by atoms with Gasteiger partial charge in [-0.25, -0.2) is 9.55 Å². The second-order valence-electron chi connectivity index (χ2n) is 8.05. The highest BCUT2D eigenvalue weighted by Crippen LogP contribution is 2.29. The van der Waals surface area contributed by atoms with Crippen molar-refractivity contribution in [1.82, 2.24) is 14.5 Å². The number of hydrogen-bond donors (Lipinski definition) is 0. The summed E-state index contributed by atoms with van der Waals surface area (Å²) in [5.41, 5.74) is 10.8. The van der Waals surface area contributed by atoms with Crippen molar-refractivity contribution < 1.29 is 4.57 Å². The quantitative estimate of drug-likeness (QED) is 0.366. The molecule has 3 aromatic carbocycles. The Labute approximate surface area is 182 Å². The van der Waals surface area contributed by atoms with Crippen LogP contribution in [0.5, 0.6) is 0 Å². The van der Waals surface area contributed by atoms with Crippen molar-refractivity contribution in [1.29, 1.82) is 0 Å². The molecule has 0 saturated carbocycles. The predicted molar refractivity (Wildman–Crippen MR) is 125 cm³/mol. The molecule has 5 rings (SSSR count). The molecule has 4 heteroatoms. The molecule has 5 aromatic rings. The Morgan fingerprint density at radius 2 is 1.39 bits per heavy atom. The van der Waals surface area contributed by atoms with Gasteiger partial charge in [0.2, 0.25) is 6.33 Å². The Balaban J connectivity index is 1.76. The number of nitrogens with zero attached hydrogens (tertiary/aromatic N) is 4. The van der Waals surface area contributed by atoms with Gasteiger partial charge in [0, 0.05) is 0 Å². The SMILES string of the molecule is Cc1cccc(C)c1-c1cccc(-n2c[n+](-c3ccccc3)c3nc(C)c(C)nc32)c1. The molecule has 0 atom stereocenters. The molecule has 0 fully saturated rings. The topological polar surface area (TPSA) is 34.6 Å². The van der Waals surface area contributed by atoms with Crippen molar-refractivity contribution in [2.24, 2.45) is 0 Å². The van der Waals surface area contributed by atoms with Gasteiger partial charge in [-0.3, -0.25) is 0 Å². The van der Waals surface area contributed by atoms with Gasteiger partial charge in [-0.2, -0.15) is 4.57 Å². The standard InChI is InChI=1S/C27H25N4/c1-18-10-8-11-19(2)25(18)22-12-9-15-24(16-22)31-17-30(23-13-6-5-7-14-23)26-27(31)29-21(4)20(3)28-26/h5-17H,1-4H3/q+1. The van der Waals surface area contributed by atoms with Crippen LogP contribution in [0.15, 0.2) is 79.1 Å². The lowest BCUT2D eigenvalue weighted by Gasteiger charge is -2.11. The van der Waals surface area contributed by atoms with Gasteiger partial charge in [0.1, 0.15) is 17.1 Å². The van der Waals surface area contributed by atoms with Crippen molar-refractivity contribution in [3.8, 4) is 22.5 Å². The number of hydrogen-bond acceptors (Lipinski definition) is 2. The maximum atomic E-state index is 4.91. The summed E-state index contributed by atoms with van der Waals surface area (Å²) in [6.45, 7) is 8.36. The van der Waals surface area contributed by atoms with E-state index in [-0.39, 0.29) is 0 Å². The van der Waals surface area contributed by atoms with Crippen LogP contribution in [-0.2, 0) is 0 Å². The summed E-state index contributed by atoms with van der Waals surface area (Å²) in [6, 6.07) is 25.4. The Hall–Kier alpha value is -3.79. The van der Waals surface area contributed by atoms with Crippen LogP contribution in [0.25, 0.3) is 33.8 Å². The molecule has 4 nitrogen and oxygen atoms in total. The van der Waals surface area contributed by atoms with Gasteiger partial charge in [0.25, 0.3) is 5.65 Å². The molecule has 0 aliphatic heterocycles. The molecule has 2 aromatic heterocycles. The molecule has 2 heterocycles. The van der Waals surface area contributed by atoms with Crippen LogP contribution in [0, 0.1) is 27.7 Å². The minimum absolute atomic E-state index is 0.852.